The molecule has 0 atom stereocenters. The van der Waals surface area contributed by atoms with Crippen molar-refractivity contribution in [3.8, 4) is 5.88 Å². The highest BCUT2D eigenvalue weighted by Crippen LogP contribution is 2.30. The van der Waals surface area contributed by atoms with Crippen LogP contribution < -0.4 is 15.4 Å². The Balaban J connectivity index is 0.00000408. The van der Waals surface area contributed by atoms with Crippen LogP contribution in [0.3, 0.4) is 0 Å². The van der Waals surface area contributed by atoms with Gasteiger partial charge in [0, 0.05) is 24.7 Å². The summed E-state index contributed by atoms with van der Waals surface area (Å²) in [6.07, 6.45) is -4.49. The Morgan fingerprint density at radius 3 is 2.41 bits per heavy atom. The van der Waals surface area contributed by atoms with Gasteiger partial charge in [0.25, 0.3) is 5.91 Å². The van der Waals surface area contributed by atoms with Crippen molar-refractivity contribution in [2.45, 2.75) is 13.1 Å². The van der Waals surface area contributed by atoms with Gasteiger partial charge in [-0.25, -0.2) is 4.79 Å². The summed E-state index contributed by atoms with van der Waals surface area (Å²) in [6.45, 7) is 2.58. The van der Waals surface area contributed by atoms with E-state index in [1.165, 1.54) is 6.07 Å². The summed E-state index contributed by atoms with van der Waals surface area (Å²) in [7, 11) is 5.44. The SMILES string of the molecule is Cc1nn(C)c2nc(OCCN(C)C)c(C(=O)NC(=O)Nc3ccc(C(F)(F)F)cc3)cc12.Cl. The molecular formula is C21H24ClF3N6O3. The number of ether oxygens (including phenoxy) is 1. The first-order chi connectivity index (χ1) is 15.5. The molecule has 0 saturated heterocycles. The number of hydrogen-bond donors (Lipinski definition) is 2. The van der Waals surface area contributed by atoms with Gasteiger partial charge in [-0.15, -0.1) is 12.4 Å². The zero-order chi connectivity index (χ0) is 24.3. The minimum absolute atomic E-state index is 0. The molecule has 2 aromatic heterocycles. The largest absolute Gasteiger partial charge is 0.476 e. The maximum absolute atomic E-state index is 12.8. The number of benzene rings is 1. The van der Waals surface area contributed by atoms with Gasteiger partial charge in [0.05, 0.1) is 11.3 Å². The Hall–Kier alpha value is -3.38. The number of nitrogens with zero attached hydrogens (tertiary/aromatic N) is 4. The maximum atomic E-state index is 12.8. The minimum atomic E-state index is -4.49. The number of nitrogens with one attached hydrogen (secondary N) is 2. The second kappa shape index (κ2) is 10.7. The molecule has 3 rings (SSSR count). The normalized spacial score (nSPS) is 11.3. The van der Waals surface area contributed by atoms with Crippen molar-refractivity contribution in [2.75, 3.05) is 32.6 Å². The molecule has 9 nitrogen and oxygen atoms in total. The smallest absolute Gasteiger partial charge is 0.416 e. The lowest BCUT2D eigenvalue weighted by atomic mass is 10.2. The third-order valence-electron chi connectivity index (χ3n) is 4.68. The monoisotopic (exact) mass is 500 g/mol. The van der Waals surface area contributed by atoms with E-state index in [0.29, 0.717) is 23.3 Å². The Labute approximate surface area is 199 Å². The molecule has 2 heterocycles. The highest BCUT2D eigenvalue weighted by molar-refractivity contribution is 6.10. The topological polar surface area (TPSA) is 101 Å². The van der Waals surface area contributed by atoms with Crippen LogP contribution in [0.5, 0.6) is 5.88 Å². The molecule has 0 saturated carbocycles. The number of hydrogen-bond acceptors (Lipinski definition) is 6. The van der Waals surface area contributed by atoms with Crippen molar-refractivity contribution in [2.24, 2.45) is 7.05 Å². The van der Waals surface area contributed by atoms with Crippen LogP contribution >= 0.6 is 12.4 Å². The van der Waals surface area contributed by atoms with Crippen LogP contribution in [0.15, 0.2) is 30.3 Å². The Morgan fingerprint density at radius 2 is 1.82 bits per heavy atom. The van der Waals surface area contributed by atoms with Crippen LogP contribution in [-0.2, 0) is 13.2 Å². The summed E-state index contributed by atoms with van der Waals surface area (Å²) in [5.41, 5.74) is 0.420. The number of alkyl halides is 3. The predicted molar refractivity (Wildman–Crippen MR) is 122 cm³/mol. The number of aryl methyl sites for hydroxylation is 2. The summed E-state index contributed by atoms with van der Waals surface area (Å²) < 4.78 is 45.3. The molecule has 0 unspecified atom stereocenters. The van der Waals surface area contributed by atoms with E-state index >= 15 is 0 Å². The molecule has 2 N–H and O–H groups in total. The Bertz CT molecular complexity index is 1180. The molecule has 0 spiro atoms. The van der Waals surface area contributed by atoms with Crippen LogP contribution in [0.1, 0.15) is 21.6 Å². The van der Waals surface area contributed by atoms with Gasteiger partial charge in [-0.05, 0) is 51.4 Å². The summed E-state index contributed by atoms with van der Waals surface area (Å²) in [6, 6.07) is 4.47. The van der Waals surface area contributed by atoms with Crippen LogP contribution in [-0.4, -0.2) is 58.8 Å². The van der Waals surface area contributed by atoms with Gasteiger partial charge in [-0.2, -0.15) is 23.3 Å². The van der Waals surface area contributed by atoms with E-state index < -0.39 is 23.7 Å². The molecule has 0 radical (unpaired) electrons. The van der Waals surface area contributed by atoms with E-state index in [0.717, 1.165) is 24.3 Å². The molecular weight excluding hydrogens is 477 g/mol. The third kappa shape index (κ3) is 6.35. The zero-order valence-corrected chi connectivity index (χ0v) is 19.7. The van der Waals surface area contributed by atoms with E-state index in [1.807, 2.05) is 19.0 Å². The number of pyridine rings is 1. The number of carbonyl (C=O) groups is 2. The lowest BCUT2D eigenvalue weighted by Crippen LogP contribution is -2.34. The second-order valence-corrected chi connectivity index (χ2v) is 7.56. The number of fused-ring (bicyclic) bond motifs is 1. The molecule has 13 heteroatoms. The maximum Gasteiger partial charge on any atom is 0.416 e. The molecule has 184 valence electrons. The first-order valence-corrected chi connectivity index (χ1v) is 9.87. The fourth-order valence-electron chi connectivity index (χ4n) is 3.00. The summed E-state index contributed by atoms with van der Waals surface area (Å²) in [5.74, 6) is -0.746. The number of rotatable bonds is 6. The van der Waals surface area contributed by atoms with Gasteiger partial charge in [0.1, 0.15) is 12.2 Å². The Morgan fingerprint density at radius 1 is 1.18 bits per heavy atom. The van der Waals surface area contributed by atoms with Gasteiger partial charge in [-0.3, -0.25) is 14.8 Å². The molecule has 3 aromatic rings. The predicted octanol–water partition coefficient (Wildman–Crippen LogP) is 3.62. The minimum Gasteiger partial charge on any atom is -0.476 e. The molecule has 0 aliphatic rings. The summed E-state index contributed by atoms with van der Waals surface area (Å²) in [4.78, 5) is 31.4. The highest BCUT2D eigenvalue weighted by atomic mass is 35.5. The van der Waals surface area contributed by atoms with Gasteiger partial charge in [0.2, 0.25) is 5.88 Å². The van der Waals surface area contributed by atoms with Crippen LogP contribution in [0.25, 0.3) is 11.0 Å². The van der Waals surface area contributed by atoms with Gasteiger partial charge in [-0.1, -0.05) is 0 Å². The van der Waals surface area contributed by atoms with E-state index in [4.69, 9.17) is 4.74 Å². The van der Waals surface area contributed by atoms with Gasteiger partial charge >= 0.3 is 12.2 Å². The average molecular weight is 501 g/mol. The first kappa shape index (κ1) is 26.9. The number of imide groups is 1. The van der Waals surface area contributed by atoms with Gasteiger partial charge in [0.15, 0.2) is 5.65 Å². The van der Waals surface area contributed by atoms with E-state index in [-0.39, 0.29) is 36.1 Å². The van der Waals surface area contributed by atoms with Crippen molar-refractivity contribution in [1.29, 1.82) is 0 Å². The number of carbonyl (C=O) groups excluding carboxylic acids is 2. The number of amides is 3. The van der Waals surface area contributed by atoms with Gasteiger partial charge < -0.3 is 15.0 Å². The number of likely N-dealkylation sites (N-methyl/N-ethyl adjacent to an activating group) is 1. The van der Waals surface area contributed by atoms with E-state index in [1.54, 1.807) is 18.7 Å². The molecule has 0 fully saturated rings. The van der Waals surface area contributed by atoms with Crippen LogP contribution in [0.4, 0.5) is 23.7 Å². The van der Waals surface area contributed by atoms with E-state index in [9.17, 15) is 22.8 Å². The fraction of sp³-hybridized carbons (Fsp3) is 0.333. The fourth-order valence-corrected chi connectivity index (χ4v) is 3.00. The molecule has 34 heavy (non-hydrogen) atoms. The standard InChI is InChI=1S/C21H23F3N6O3.ClH/c1-12-15-11-16(19(33-10-9-29(2)3)26-17(15)30(4)28-12)18(31)27-20(32)25-14-7-5-13(6-8-14)21(22,23)24;/h5-8,11H,9-10H2,1-4H3,(H2,25,27,31,32);1H. The van der Waals surface area contributed by atoms with Crippen molar-refractivity contribution >= 4 is 41.1 Å². The van der Waals surface area contributed by atoms with Crippen molar-refractivity contribution in [1.82, 2.24) is 25.0 Å². The quantitative estimate of drug-likeness (QED) is 0.536. The van der Waals surface area contributed by atoms with E-state index in [2.05, 4.69) is 20.7 Å². The second-order valence-electron chi connectivity index (χ2n) is 7.56. The number of aromatic nitrogens is 3. The molecule has 0 bridgehead atoms. The lowest BCUT2D eigenvalue weighted by molar-refractivity contribution is -0.137. The van der Waals surface area contributed by atoms with Crippen LogP contribution in [0, 0.1) is 6.92 Å². The number of anilines is 1. The van der Waals surface area contributed by atoms with Crippen molar-refractivity contribution in [3.05, 3.63) is 47.2 Å². The molecule has 3 amide bonds. The average Bonchev–Trinajstić information content (AvgIpc) is 2.99. The van der Waals surface area contributed by atoms with Crippen molar-refractivity contribution in [3.63, 3.8) is 0 Å². The molecule has 0 aliphatic carbocycles. The molecule has 1 aromatic carbocycles. The summed E-state index contributed by atoms with van der Waals surface area (Å²) in [5, 5.41) is 9.38. The highest BCUT2D eigenvalue weighted by Gasteiger charge is 2.30. The number of urea groups is 1. The first-order valence-electron chi connectivity index (χ1n) is 9.87. The number of halogens is 4. The summed E-state index contributed by atoms with van der Waals surface area (Å²) >= 11 is 0. The van der Waals surface area contributed by atoms with Crippen LogP contribution in [0.2, 0.25) is 0 Å². The lowest BCUT2D eigenvalue weighted by Gasteiger charge is -2.14. The van der Waals surface area contributed by atoms with Crippen molar-refractivity contribution < 1.29 is 27.5 Å². The zero-order valence-electron chi connectivity index (χ0n) is 18.9. The Kier molecular flexibility index (Phi) is 8.46. The third-order valence-corrected chi connectivity index (χ3v) is 4.68. The molecule has 0 aliphatic heterocycles.